The lowest BCUT2D eigenvalue weighted by molar-refractivity contribution is 1.13. The highest BCUT2D eigenvalue weighted by Gasteiger charge is 1.95. The first-order valence-electron chi connectivity index (χ1n) is 4.08. The van der Waals surface area contributed by atoms with E-state index in [0.29, 0.717) is 5.69 Å². The zero-order valence-electron chi connectivity index (χ0n) is 8.05. The van der Waals surface area contributed by atoms with E-state index in [2.05, 4.69) is 4.98 Å². The average molecular weight is 162 g/mol. The molecule has 0 amide bonds. The molecule has 0 aliphatic carbocycles. The van der Waals surface area contributed by atoms with Crippen molar-refractivity contribution in [3.63, 3.8) is 0 Å². The summed E-state index contributed by atoms with van der Waals surface area (Å²) in [6.07, 6.45) is 0. The van der Waals surface area contributed by atoms with Crippen LogP contribution in [-0.2, 0) is 0 Å². The van der Waals surface area contributed by atoms with Gasteiger partial charge in [-0.3, -0.25) is 0 Å². The van der Waals surface area contributed by atoms with Crippen LogP contribution in [0.2, 0.25) is 0 Å². The second-order valence-corrected chi connectivity index (χ2v) is 2.23. The van der Waals surface area contributed by atoms with Gasteiger partial charge in [0.05, 0.1) is 0 Å². The molecule has 1 rings (SSSR count). The summed E-state index contributed by atoms with van der Waals surface area (Å²) in [5.74, 6) is 0. The van der Waals surface area contributed by atoms with Crippen LogP contribution in [0, 0.1) is 25.2 Å². The summed E-state index contributed by atoms with van der Waals surface area (Å²) in [6, 6.07) is 5.83. The summed E-state index contributed by atoms with van der Waals surface area (Å²) < 4.78 is 0. The van der Waals surface area contributed by atoms with E-state index in [1.165, 1.54) is 0 Å². The van der Waals surface area contributed by atoms with Crippen LogP contribution in [0.5, 0.6) is 0 Å². The molecule has 0 bridgehead atoms. The van der Waals surface area contributed by atoms with Gasteiger partial charge in [0.1, 0.15) is 11.8 Å². The molecule has 0 aromatic carbocycles. The number of hydrogen-bond donors (Lipinski definition) is 0. The average Bonchev–Trinajstić information content (AvgIpc) is 2.13. The molecule has 1 aromatic rings. The Balaban J connectivity index is 0.000000561. The van der Waals surface area contributed by atoms with Gasteiger partial charge in [-0.05, 0) is 25.5 Å². The standard InChI is InChI=1S/C8H8N2.C2H6/c1-6-3-4-7(2)10-8(6)5-9;1-2/h3-4H,1-2H3;1-2H3. The van der Waals surface area contributed by atoms with Crippen molar-refractivity contribution in [2.75, 3.05) is 0 Å². The summed E-state index contributed by atoms with van der Waals surface area (Å²) in [4.78, 5) is 4.03. The summed E-state index contributed by atoms with van der Waals surface area (Å²) in [5, 5.41) is 8.53. The number of nitriles is 1. The van der Waals surface area contributed by atoms with Crippen LogP contribution in [0.25, 0.3) is 0 Å². The molecular weight excluding hydrogens is 148 g/mol. The van der Waals surface area contributed by atoms with Gasteiger partial charge in [-0.2, -0.15) is 5.26 Å². The molecule has 0 saturated heterocycles. The van der Waals surface area contributed by atoms with Crippen molar-refractivity contribution in [1.82, 2.24) is 4.98 Å². The van der Waals surface area contributed by atoms with E-state index in [0.717, 1.165) is 11.3 Å². The van der Waals surface area contributed by atoms with Gasteiger partial charge in [0.15, 0.2) is 0 Å². The fourth-order valence-electron chi connectivity index (χ4n) is 0.740. The van der Waals surface area contributed by atoms with Crippen molar-refractivity contribution in [3.05, 3.63) is 29.1 Å². The van der Waals surface area contributed by atoms with Gasteiger partial charge >= 0.3 is 0 Å². The molecule has 0 fully saturated rings. The summed E-state index contributed by atoms with van der Waals surface area (Å²) in [6.45, 7) is 7.76. The molecule has 0 aliphatic heterocycles. The van der Waals surface area contributed by atoms with Crippen molar-refractivity contribution in [3.8, 4) is 6.07 Å². The fourth-order valence-corrected chi connectivity index (χ4v) is 0.740. The van der Waals surface area contributed by atoms with Crippen LogP contribution in [-0.4, -0.2) is 4.98 Å². The van der Waals surface area contributed by atoms with E-state index >= 15 is 0 Å². The molecule has 2 nitrogen and oxygen atoms in total. The van der Waals surface area contributed by atoms with Gasteiger partial charge < -0.3 is 0 Å². The summed E-state index contributed by atoms with van der Waals surface area (Å²) >= 11 is 0. The molecule has 12 heavy (non-hydrogen) atoms. The molecule has 0 saturated carbocycles. The van der Waals surface area contributed by atoms with E-state index in [1.807, 2.05) is 45.9 Å². The van der Waals surface area contributed by atoms with Gasteiger partial charge in [-0.1, -0.05) is 19.9 Å². The Morgan fingerprint density at radius 3 is 2.25 bits per heavy atom. The first-order valence-corrected chi connectivity index (χ1v) is 4.08. The zero-order chi connectivity index (χ0) is 9.56. The monoisotopic (exact) mass is 162 g/mol. The van der Waals surface area contributed by atoms with Gasteiger partial charge in [0.2, 0.25) is 0 Å². The second kappa shape index (κ2) is 5.31. The molecule has 2 heteroatoms. The Kier molecular flexibility index (Phi) is 4.71. The third-order valence-corrected chi connectivity index (χ3v) is 1.34. The van der Waals surface area contributed by atoms with Crippen molar-refractivity contribution in [1.29, 1.82) is 5.26 Å². The predicted octanol–water partition coefficient (Wildman–Crippen LogP) is 2.60. The van der Waals surface area contributed by atoms with Crippen LogP contribution >= 0.6 is 0 Å². The second-order valence-electron chi connectivity index (χ2n) is 2.23. The maximum absolute atomic E-state index is 8.53. The smallest absolute Gasteiger partial charge is 0.143 e. The Morgan fingerprint density at radius 2 is 1.83 bits per heavy atom. The van der Waals surface area contributed by atoms with Crippen LogP contribution in [0.4, 0.5) is 0 Å². The third-order valence-electron chi connectivity index (χ3n) is 1.34. The number of hydrogen-bond acceptors (Lipinski definition) is 2. The number of aryl methyl sites for hydroxylation is 2. The summed E-state index contributed by atoms with van der Waals surface area (Å²) in [5.41, 5.74) is 2.36. The minimum absolute atomic E-state index is 0.528. The lowest BCUT2D eigenvalue weighted by Gasteiger charge is -1.95. The topological polar surface area (TPSA) is 36.7 Å². The van der Waals surface area contributed by atoms with Gasteiger partial charge in [0.25, 0.3) is 0 Å². The molecule has 0 spiro atoms. The molecular formula is C10H14N2. The van der Waals surface area contributed by atoms with Crippen molar-refractivity contribution in [2.45, 2.75) is 27.7 Å². The molecule has 0 unspecified atom stereocenters. The highest BCUT2D eigenvalue weighted by molar-refractivity contribution is 5.30. The normalized spacial score (nSPS) is 7.92. The van der Waals surface area contributed by atoms with Gasteiger partial charge in [-0.15, -0.1) is 0 Å². The minimum atomic E-state index is 0.528. The molecule has 0 radical (unpaired) electrons. The molecule has 1 heterocycles. The predicted molar refractivity (Wildman–Crippen MR) is 49.8 cm³/mol. The van der Waals surface area contributed by atoms with Gasteiger partial charge in [0, 0.05) is 5.69 Å². The fraction of sp³-hybridized carbons (Fsp3) is 0.400. The SMILES string of the molecule is CC.Cc1ccc(C)c(C#N)n1. The Labute approximate surface area is 73.9 Å². The lowest BCUT2D eigenvalue weighted by Crippen LogP contribution is -1.89. The number of rotatable bonds is 0. The molecule has 1 aromatic heterocycles. The van der Waals surface area contributed by atoms with E-state index in [4.69, 9.17) is 5.26 Å². The first kappa shape index (κ1) is 10.6. The lowest BCUT2D eigenvalue weighted by atomic mass is 10.2. The molecule has 0 aliphatic rings. The maximum atomic E-state index is 8.53. The van der Waals surface area contributed by atoms with E-state index in [-0.39, 0.29) is 0 Å². The number of aromatic nitrogens is 1. The van der Waals surface area contributed by atoms with E-state index in [1.54, 1.807) is 0 Å². The summed E-state index contributed by atoms with van der Waals surface area (Å²) in [7, 11) is 0. The third kappa shape index (κ3) is 2.71. The Morgan fingerprint density at radius 1 is 1.25 bits per heavy atom. The van der Waals surface area contributed by atoms with Crippen LogP contribution in [0.15, 0.2) is 12.1 Å². The largest absolute Gasteiger partial charge is 0.242 e. The number of pyridine rings is 1. The van der Waals surface area contributed by atoms with Crippen molar-refractivity contribution < 1.29 is 0 Å². The highest BCUT2D eigenvalue weighted by atomic mass is 14.7. The van der Waals surface area contributed by atoms with Crippen molar-refractivity contribution >= 4 is 0 Å². The van der Waals surface area contributed by atoms with E-state index < -0.39 is 0 Å². The highest BCUT2D eigenvalue weighted by Crippen LogP contribution is 2.03. The maximum Gasteiger partial charge on any atom is 0.143 e. The zero-order valence-corrected chi connectivity index (χ0v) is 8.05. The van der Waals surface area contributed by atoms with Crippen LogP contribution in [0.3, 0.4) is 0 Å². The van der Waals surface area contributed by atoms with Gasteiger partial charge in [-0.25, -0.2) is 4.98 Å². The molecule has 64 valence electrons. The van der Waals surface area contributed by atoms with Crippen molar-refractivity contribution in [2.24, 2.45) is 0 Å². The Hall–Kier alpha value is -1.36. The van der Waals surface area contributed by atoms with Crippen LogP contribution in [0.1, 0.15) is 30.8 Å². The number of nitrogens with zero attached hydrogens (tertiary/aromatic N) is 2. The quantitative estimate of drug-likeness (QED) is 0.588. The molecule has 0 atom stereocenters. The minimum Gasteiger partial charge on any atom is -0.242 e. The molecule has 0 N–H and O–H groups in total. The Bertz CT molecular complexity index is 284. The first-order chi connectivity index (χ1) is 5.74. The van der Waals surface area contributed by atoms with Crippen LogP contribution < -0.4 is 0 Å². The van der Waals surface area contributed by atoms with E-state index in [9.17, 15) is 0 Å².